The van der Waals surface area contributed by atoms with Crippen LogP contribution in [0.3, 0.4) is 0 Å². The SMILES string of the molecule is Brc1cccc(-c2cccc(-c3cccc(-c4nc(-c5ccc6c(c5)oc5ccccc56)nc(-c5ccc6c(c5)oc5ccccc56)n4)c3)c2)c1. The van der Waals surface area contributed by atoms with Crippen molar-refractivity contribution < 1.29 is 8.83 Å². The molecule has 51 heavy (non-hydrogen) atoms. The fourth-order valence-corrected chi connectivity index (χ4v) is 7.28. The maximum Gasteiger partial charge on any atom is 0.164 e. The summed E-state index contributed by atoms with van der Waals surface area (Å²) in [4.78, 5) is 15.2. The van der Waals surface area contributed by atoms with Gasteiger partial charge in [0.1, 0.15) is 22.3 Å². The normalized spacial score (nSPS) is 11.6. The van der Waals surface area contributed by atoms with Gasteiger partial charge < -0.3 is 8.83 Å². The Morgan fingerprint density at radius 2 is 0.706 bits per heavy atom. The lowest BCUT2D eigenvalue weighted by Gasteiger charge is -2.10. The van der Waals surface area contributed by atoms with Crippen molar-refractivity contribution in [3.8, 4) is 56.4 Å². The van der Waals surface area contributed by atoms with Gasteiger partial charge in [-0.25, -0.2) is 15.0 Å². The fourth-order valence-electron chi connectivity index (χ4n) is 6.88. The molecule has 6 heteroatoms. The minimum Gasteiger partial charge on any atom is -0.456 e. The first-order valence-corrected chi connectivity index (χ1v) is 17.5. The summed E-state index contributed by atoms with van der Waals surface area (Å²) in [6.45, 7) is 0. The van der Waals surface area contributed by atoms with E-state index in [-0.39, 0.29) is 0 Å². The van der Waals surface area contributed by atoms with Crippen LogP contribution in [0.15, 0.2) is 171 Å². The molecule has 0 unspecified atom stereocenters. The van der Waals surface area contributed by atoms with Crippen molar-refractivity contribution in [2.24, 2.45) is 0 Å². The van der Waals surface area contributed by atoms with Crippen molar-refractivity contribution in [1.82, 2.24) is 15.0 Å². The van der Waals surface area contributed by atoms with Gasteiger partial charge >= 0.3 is 0 Å². The summed E-state index contributed by atoms with van der Waals surface area (Å²) >= 11 is 3.61. The molecule has 0 aliphatic carbocycles. The molecule has 0 saturated carbocycles. The van der Waals surface area contributed by atoms with E-state index in [0.29, 0.717) is 17.5 Å². The molecule has 0 atom stereocenters. The van der Waals surface area contributed by atoms with E-state index in [1.807, 2.05) is 54.6 Å². The molecule has 0 aliphatic heterocycles. The highest BCUT2D eigenvalue weighted by Gasteiger charge is 2.17. The lowest BCUT2D eigenvalue weighted by molar-refractivity contribution is 0.668. The molecule has 10 aromatic rings. The number of hydrogen-bond donors (Lipinski definition) is 0. The molecule has 0 radical (unpaired) electrons. The molecule has 0 spiro atoms. The number of hydrogen-bond acceptors (Lipinski definition) is 5. The summed E-state index contributed by atoms with van der Waals surface area (Å²) in [6, 6.07) is 53.8. The van der Waals surface area contributed by atoms with Gasteiger partial charge in [-0.2, -0.15) is 0 Å². The highest BCUT2D eigenvalue weighted by Crippen LogP contribution is 2.36. The maximum atomic E-state index is 6.25. The molecular weight excluding hydrogens is 694 g/mol. The van der Waals surface area contributed by atoms with E-state index in [9.17, 15) is 0 Å². The second-order valence-corrected chi connectivity index (χ2v) is 13.5. The second-order valence-electron chi connectivity index (χ2n) is 12.6. The average Bonchev–Trinajstić information content (AvgIpc) is 3.75. The predicted molar refractivity (Wildman–Crippen MR) is 209 cm³/mol. The smallest absolute Gasteiger partial charge is 0.164 e. The summed E-state index contributed by atoms with van der Waals surface area (Å²) in [5, 5.41) is 4.26. The molecule has 7 aromatic carbocycles. The first kappa shape index (κ1) is 29.5. The number of nitrogens with zero attached hydrogens (tertiary/aromatic N) is 3. The standard InChI is InChI=1S/C45H26BrN3O2/c46-34-13-7-11-30(24-34)28-9-5-8-27(22-28)29-10-6-12-31(23-29)43-47-44(32-18-20-37-35-14-1-3-16-39(35)50-41(37)25-32)49-45(48-43)33-19-21-38-36-15-2-4-17-40(36)51-42(38)26-33/h1-26H. The van der Waals surface area contributed by atoms with Crippen LogP contribution in [0.25, 0.3) is 100 Å². The Labute approximate surface area is 301 Å². The van der Waals surface area contributed by atoms with Gasteiger partial charge in [0.05, 0.1) is 0 Å². The van der Waals surface area contributed by atoms with Gasteiger partial charge in [-0.1, -0.05) is 113 Å². The molecule has 0 saturated heterocycles. The van der Waals surface area contributed by atoms with Crippen LogP contribution in [0, 0.1) is 0 Å². The molecule has 3 aromatic heterocycles. The predicted octanol–water partition coefficient (Wildman–Crippen LogP) is 12.8. The van der Waals surface area contributed by atoms with E-state index < -0.39 is 0 Å². The maximum absolute atomic E-state index is 6.25. The largest absolute Gasteiger partial charge is 0.456 e. The van der Waals surface area contributed by atoms with Crippen molar-refractivity contribution in [2.75, 3.05) is 0 Å². The molecule has 0 fully saturated rings. The van der Waals surface area contributed by atoms with Crippen LogP contribution >= 0.6 is 15.9 Å². The zero-order valence-electron chi connectivity index (χ0n) is 27.0. The van der Waals surface area contributed by atoms with E-state index in [1.54, 1.807) is 0 Å². The van der Waals surface area contributed by atoms with E-state index >= 15 is 0 Å². The van der Waals surface area contributed by atoms with Crippen LogP contribution in [0.1, 0.15) is 0 Å². The Balaban J connectivity index is 1.12. The Morgan fingerprint density at radius 3 is 1.22 bits per heavy atom. The summed E-state index contributed by atoms with van der Waals surface area (Å²) < 4.78 is 13.5. The molecule has 10 rings (SSSR count). The van der Waals surface area contributed by atoms with Crippen LogP contribution in [0.4, 0.5) is 0 Å². The first-order chi connectivity index (χ1) is 25.1. The lowest BCUT2D eigenvalue weighted by atomic mass is 9.98. The third-order valence-electron chi connectivity index (χ3n) is 9.38. The number of benzene rings is 7. The van der Waals surface area contributed by atoms with E-state index in [0.717, 1.165) is 87.3 Å². The number of furan rings is 2. The third-order valence-corrected chi connectivity index (χ3v) is 9.88. The molecule has 0 N–H and O–H groups in total. The highest BCUT2D eigenvalue weighted by atomic mass is 79.9. The number of para-hydroxylation sites is 2. The minimum atomic E-state index is 0.559. The Morgan fingerprint density at radius 1 is 0.314 bits per heavy atom. The van der Waals surface area contributed by atoms with Crippen LogP contribution in [0.2, 0.25) is 0 Å². The summed E-state index contributed by atoms with van der Waals surface area (Å²) in [5.41, 5.74) is 10.3. The highest BCUT2D eigenvalue weighted by molar-refractivity contribution is 9.10. The first-order valence-electron chi connectivity index (χ1n) is 16.7. The van der Waals surface area contributed by atoms with Crippen LogP contribution in [-0.2, 0) is 0 Å². The fraction of sp³-hybridized carbons (Fsp3) is 0. The molecule has 0 bridgehead atoms. The van der Waals surface area contributed by atoms with Gasteiger partial charge in [0.25, 0.3) is 0 Å². The van der Waals surface area contributed by atoms with Gasteiger partial charge in [0.2, 0.25) is 0 Å². The van der Waals surface area contributed by atoms with E-state index in [4.69, 9.17) is 23.8 Å². The molecule has 3 heterocycles. The summed E-state index contributed by atoms with van der Waals surface area (Å²) in [7, 11) is 0. The van der Waals surface area contributed by atoms with Crippen LogP contribution < -0.4 is 0 Å². The topological polar surface area (TPSA) is 65.0 Å². The quantitative estimate of drug-likeness (QED) is 0.177. The molecule has 0 aliphatic rings. The van der Waals surface area contributed by atoms with E-state index in [1.165, 1.54) is 0 Å². The summed E-state index contributed by atoms with van der Waals surface area (Å²) in [6.07, 6.45) is 0. The Bertz CT molecular complexity index is 2830. The van der Waals surface area contributed by atoms with Crippen LogP contribution in [0.5, 0.6) is 0 Å². The Hall–Kier alpha value is -6.37. The summed E-state index contributed by atoms with van der Waals surface area (Å²) in [5.74, 6) is 1.70. The molecular formula is C45H26BrN3O2. The zero-order valence-corrected chi connectivity index (χ0v) is 28.6. The van der Waals surface area contributed by atoms with Crippen molar-refractivity contribution in [3.05, 3.63) is 162 Å². The lowest BCUT2D eigenvalue weighted by Crippen LogP contribution is -2.00. The molecule has 0 amide bonds. The monoisotopic (exact) mass is 719 g/mol. The molecule has 5 nitrogen and oxygen atoms in total. The number of fused-ring (bicyclic) bond motifs is 6. The van der Waals surface area contributed by atoms with Gasteiger partial charge in [-0.05, 0) is 82.9 Å². The third kappa shape index (κ3) is 5.28. The molecule has 240 valence electrons. The number of halogens is 1. The van der Waals surface area contributed by atoms with Gasteiger partial charge in [-0.3, -0.25) is 0 Å². The van der Waals surface area contributed by atoms with Crippen molar-refractivity contribution in [3.63, 3.8) is 0 Å². The van der Waals surface area contributed by atoms with Crippen molar-refractivity contribution in [1.29, 1.82) is 0 Å². The number of aromatic nitrogens is 3. The minimum absolute atomic E-state index is 0.559. The van der Waals surface area contributed by atoms with Gasteiger partial charge in [0, 0.05) is 42.7 Å². The van der Waals surface area contributed by atoms with Crippen molar-refractivity contribution in [2.45, 2.75) is 0 Å². The van der Waals surface area contributed by atoms with Crippen molar-refractivity contribution >= 4 is 59.8 Å². The Kier molecular flexibility index (Phi) is 6.89. The second kappa shape index (κ2) is 11.9. The zero-order chi connectivity index (χ0) is 33.9. The van der Waals surface area contributed by atoms with Gasteiger partial charge in [-0.15, -0.1) is 0 Å². The van der Waals surface area contributed by atoms with Crippen LogP contribution in [-0.4, -0.2) is 15.0 Å². The van der Waals surface area contributed by atoms with E-state index in [2.05, 4.69) is 119 Å². The van der Waals surface area contributed by atoms with Gasteiger partial charge in [0.15, 0.2) is 17.5 Å². The number of rotatable bonds is 5. The average molecular weight is 721 g/mol.